The van der Waals surface area contributed by atoms with Crippen molar-refractivity contribution in [3.63, 3.8) is 0 Å². The third kappa shape index (κ3) is 3.52. The zero-order valence-corrected chi connectivity index (χ0v) is 17.5. The number of nitriles is 3. The molecule has 1 N–H and O–H groups in total. The average Bonchev–Trinajstić information content (AvgIpc) is 3.62. The monoisotopic (exact) mass is 434 g/mol. The van der Waals surface area contributed by atoms with Gasteiger partial charge in [0, 0.05) is 48.5 Å². The van der Waals surface area contributed by atoms with Gasteiger partial charge < -0.3 is 9.88 Å². The molecule has 10 nitrogen and oxygen atoms in total. The molecule has 2 unspecified atom stereocenters. The first kappa shape index (κ1) is 20.2. The van der Waals surface area contributed by atoms with Crippen LogP contribution in [0.2, 0.25) is 0 Å². The van der Waals surface area contributed by atoms with E-state index in [-0.39, 0.29) is 17.5 Å². The maximum absolute atomic E-state index is 9.56. The van der Waals surface area contributed by atoms with Gasteiger partial charge in [-0.15, -0.1) is 0 Å². The summed E-state index contributed by atoms with van der Waals surface area (Å²) in [6, 6.07) is 9.81. The molecule has 5 rings (SSSR count). The Labute approximate surface area is 189 Å². The van der Waals surface area contributed by atoms with Crippen LogP contribution in [0.3, 0.4) is 0 Å². The van der Waals surface area contributed by atoms with Gasteiger partial charge in [-0.05, 0) is 18.6 Å². The zero-order chi connectivity index (χ0) is 22.8. The second-order valence-corrected chi connectivity index (χ2v) is 7.88. The molecule has 0 aromatic carbocycles. The second-order valence-electron chi connectivity index (χ2n) is 7.88. The van der Waals surface area contributed by atoms with Crippen LogP contribution in [0.15, 0.2) is 43.2 Å². The summed E-state index contributed by atoms with van der Waals surface area (Å²) in [5, 5.41) is 33.9. The molecule has 2 atom stereocenters. The predicted octanol–water partition coefficient (Wildman–Crippen LogP) is 2.94. The first-order chi connectivity index (χ1) is 16.2. The Morgan fingerprint density at radius 2 is 2.06 bits per heavy atom. The van der Waals surface area contributed by atoms with Gasteiger partial charge in [-0.2, -0.15) is 20.9 Å². The van der Waals surface area contributed by atoms with Crippen LogP contribution in [0.25, 0.3) is 22.3 Å². The molecule has 1 aliphatic rings. The molecule has 5 heterocycles. The van der Waals surface area contributed by atoms with Crippen LogP contribution in [0.1, 0.15) is 30.0 Å². The van der Waals surface area contributed by atoms with Crippen LogP contribution in [0.4, 0.5) is 5.82 Å². The van der Waals surface area contributed by atoms with Crippen molar-refractivity contribution in [2.45, 2.75) is 18.9 Å². The number of H-pyrrole nitrogens is 1. The van der Waals surface area contributed by atoms with Gasteiger partial charge in [0.05, 0.1) is 36.0 Å². The normalized spacial score (nSPS) is 16.3. The fourth-order valence-electron chi connectivity index (χ4n) is 4.50. The number of hydrogen-bond acceptors (Lipinski definition) is 8. The lowest BCUT2D eigenvalue weighted by molar-refractivity contribution is 0.332. The van der Waals surface area contributed by atoms with Crippen LogP contribution in [0, 0.1) is 39.9 Å². The van der Waals surface area contributed by atoms with E-state index >= 15 is 0 Å². The van der Waals surface area contributed by atoms with Crippen molar-refractivity contribution in [3.8, 4) is 29.5 Å². The maximum atomic E-state index is 9.56. The van der Waals surface area contributed by atoms with E-state index in [2.05, 4.69) is 43.2 Å². The van der Waals surface area contributed by atoms with Gasteiger partial charge in [0.15, 0.2) is 0 Å². The second kappa shape index (κ2) is 8.41. The van der Waals surface area contributed by atoms with Crippen molar-refractivity contribution in [1.29, 1.82) is 15.8 Å². The molecule has 160 valence electrons. The summed E-state index contributed by atoms with van der Waals surface area (Å²) in [4.78, 5) is 18.1. The molecule has 1 aliphatic heterocycles. The number of aromatic amines is 1. The SMILES string of the molecule is N#CCC(C1CCN(c2nccc(C#N)c2C#N)C1)n1cc(-c2ncnc3[nH]ccc23)cn1. The smallest absolute Gasteiger partial charge is 0.147 e. The lowest BCUT2D eigenvalue weighted by Gasteiger charge is -2.23. The summed E-state index contributed by atoms with van der Waals surface area (Å²) >= 11 is 0. The molecule has 4 aromatic rings. The number of hydrogen-bond donors (Lipinski definition) is 1. The molecule has 1 saturated heterocycles. The van der Waals surface area contributed by atoms with E-state index in [4.69, 9.17) is 0 Å². The average molecular weight is 434 g/mol. The summed E-state index contributed by atoms with van der Waals surface area (Å²) < 4.78 is 1.84. The van der Waals surface area contributed by atoms with E-state index in [1.807, 2.05) is 28.0 Å². The van der Waals surface area contributed by atoms with Crippen molar-refractivity contribution < 1.29 is 0 Å². The van der Waals surface area contributed by atoms with Crippen molar-refractivity contribution in [3.05, 3.63) is 54.4 Å². The lowest BCUT2D eigenvalue weighted by Crippen LogP contribution is -2.26. The number of anilines is 1. The molecule has 0 aliphatic carbocycles. The van der Waals surface area contributed by atoms with E-state index in [0.717, 1.165) is 28.7 Å². The third-order valence-electron chi connectivity index (χ3n) is 6.10. The van der Waals surface area contributed by atoms with Gasteiger partial charge in [-0.1, -0.05) is 0 Å². The Balaban J connectivity index is 1.43. The number of rotatable bonds is 5. The summed E-state index contributed by atoms with van der Waals surface area (Å²) in [6.07, 6.45) is 9.70. The predicted molar refractivity (Wildman–Crippen MR) is 118 cm³/mol. The standard InChI is InChI=1S/C23H18N10/c24-5-1-20(16-4-8-32(12-16)23-19(10-26)15(9-25)2-6-28-23)33-13-17(11-31-33)21-18-3-7-27-22(18)30-14-29-21/h2-3,6-7,11,13-14,16,20H,1,4,8,12H2,(H,27,29,30). The molecule has 0 bridgehead atoms. The highest BCUT2D eigenvalue weighted by Crippen LogP contribution is 2.35. The summed E-state index contributed by atoms with van der Waals surface area (Å²) in [5.74, 6) is 0.654. The summed E-state index contributed by atoms with van der Waals surface area (Å²) in [7, 11) is 0. The molecule has 0 amide bonds. The molecule has 33 heavy (non-hydrogen) atoms. The molecule has 10 heteroatoms. The molecular formula is C23H18N10. The summed E-state index contributed by atoms with van der Waals surface area (Å²) in [6.45, 7) is 1.31. The van der Waals surface area contributed by atoms with Crippen molar-refractivity contribution in [2.24, 2.45) is 5.92 Å². The number of nitrogens with one attached hydrogen (secondary N) is 1. The van der Waals surface area contributed by atoms with E-state index in [1.165, 1.54) is 6.33 Å². The van der Waals surface area contributed by atoms with Crippen LogP contribution >= 0.6 is 0 Å². The van der Waals surface area contributed by atoms with Crippen LogP contribution < -0.4 is 4.90 Å². The van der Waals surface area contributed by atoms with Crippen molar-refractivity contribution >= 4 is 16.9 Å². The van der Waals surface area contributed by atoms with Gasteiger partial charge in [-0.25, -0.2) is 15.0 Å². The van der Waals surface area contributed by atoms with E-state index in [9.17, 15) is 15.8 Å². The minimum absolute atomic E-state index is 0.133. The molecule has 1 fully saturated rings. The van der Waals surface area contributed by atoms with Crippen LogP contribution in [0.5, 0.6) is 0 Å². The minimum atomic E-state index is -0.137. The highest BCUT2D eigenvalue weighted by molar-refractivity contribution is 5.89. The molecule has 0 radical (unpaired) electrons. The van der Waals surface area contributed by atoms with E-state index in [1.54, 1.807) is 18.5 Å². The lowest BCUT2D eigenvalue weighted by atomic mass is 9.96. The van der Waals surface area contributed by atoms with Gasteiger partial charge in [0.2, 0.25) is 0 Å². The van der Waals surface area contributed by atoms with Gasteiger partial charge >= 0.3 is 0 Å². The van der Waals surface area contributed by atoms with Crippen molar-refractivity contribution in [2.75, 3.05) is 18.0 Å². The Morgan fingerprint density at radius 3 is 2.88 bits per heavy atom. The maximum Gasteiger partial charge on any atom is 0.147 e. The van der Waals surface area contributed by atoms with Gasteiger partial charge in [-0.3, -0.25) is 4.68 Å². The summed E-state index contributed by atoms with van der Waals surface area (Å²) in [5.41, 5.74) is 3.01. The number of fused-ring (bicyclic) bond motifs is 1. The molecular weight excluding hydrogens is 416 g/mol. The molecule has 4 aromatic heterocycles. The first-order valence-corrected chi connectivity index (χ1v) is 10.5. The minimum Gasteiger partial charge on any atom is -0.355 e. The number of pyridine rings is 1. The van der Waals surface area contributed by atoms with Gasteiger partial charge in [0.1, 0.15) is 35.5 Å². The highest BCUT2D eigenvalue weighted by Gasteiger charge is 2.33. The third-order valence-corrected chi connectivity index (χ3v) is 6.10. The van der Waals surface area contributed by atoms with Crippen molar-refractivity contribution in [1.82, 2.24) is 29.7 Å². The van der Waals surface area contributed by atoms with Gasteiger partial charge in [0.25, 0.3) is 0 Å². The fourth-order valence-corrected chi connectivity index (χ4v) is 4.50. The largest absolute Gasteiger partial charge is 0.355 e. The first-order valence-electron chi connectivity index (χ1n) is 10.5. The van der Waals surface area contributed by atoms with E-state index in [0.29, 0.717) is 30.9 Å². The molecule has 0 saturated carbocycles. The zero-order valence-electron chi connectivity index (χ0n) is 17.5. The fraction of sp³-hybridized carbons (Fsp3) is 0.261. The van der Waals surface area contributed by atoms with Crippen LogP contribution in [-0.4, -0.2) is 42.8 Å². The Kier molecular flexibility index (Phi) is 5.14. The Bertz CT molecular complexity index is 1440. The topological polar surface area (TPSA) is 147 Å². The molecule has 0 spiro atoms. The van der Waals surface area contributed by atoms with Crippen LogP contribution in [-0.2, 0) is 0 Å². The Morgan fingerprint density at radius 1 is 1.15 bits per heavy atom. The number of nitrogens with zero attached hydrogens (tertiary/aromatic N) is 9. The van der Waals surface area contributed by atoms with E-state index < -0.39 is 0 Å². The quantitative estimate of drug-likeness (QED) is 0.504. The highest BCUT2D eigenvalue weighted by atomic mass is 15.3. The Hall–Kier alpha value is -4.75. The number of aromatic nitrogens is 6.